The van der Waals surface area contributed by atoms with E-state index in [-0.39, 0.29) is 71.6 Å². The molecule has 378 valence electrons. The van der Waals surface area contributed by atoms with Gasteiger partial charge in [-0.15, -0.1) is 0 Å². The van der Waals surface area contributed by atoms with Crippen LogP contribution < -0.4 is 33.8 Å². The number of nitrogens with one attached hydrogen (secondary N) is 3. The third-order valence-electron chi connectivity index (χ3n) is 10.9. The number of aryl methyl sites for hydroxylation is 1. The molecule has 0 bridgehead atoms. The number of nitrogens with zero attached hydrogens (tertiary/aromatic N) is 7. The van der Waals surface area contributed by atoms with Crippen molar-refractivity contribution in [2.24, 2.45) is 5.92 Å². The van der Waals surface area contributed by atoms with Gasteiger partial charge in [0.15, 0.2) is 22.3 Å². The molecule has 3 unspecified atom stereocenters. The maximum Gasteiger partial charge on any atom is 0.472 e. The van der Waals surface area contributed by atoms with Gasteiger partial charge in [0.25, 0.3) is 16.7 Å². The molecule has 0 aliphatic carbocycles. The molecule has 12 atom stereocenters. The zero-order valence-electron chi connectivity index (χ0n) is 36.4. The fourth-order valence-corrected chi connectivity index (χ4v) is 11.8. The van der Waals surface area contributed by atoms with Crippen molar-refractivity contribution in [3.8, 4) is 0 Å². The van der Waals surface area contributed by atoms with E-state index in [4.69, 9.17) is 76.4 Å². The van der Waals surface area contributed by atoms with Crippen molar-refractivity contribution in [2.45, 2.75) is 95.3 Å². The minimum Gasteiger partial charge on any atom is -0.394 e. The second-order valence-corrected chi connectivity index (χ2v) is 23.4. The SMILES string of the molecule is Cc1cn([C@H]2C[C@@H](OP(=O)(O)OCC(C)C)[C@@H](COP(O)(=S)O[C@@H]3C[C@H](n4cnc5c(=O)[nH]c(N)nc54)O[C@@H]3COP(O)(=S)O[C@@H]3C[C@H](n4cnc5c(=O)[nH]c(N)nc54)O[C@@H]3CO)O2)c(=O)[nH]c1=O. The molecule has 5 aromatic heterocycles. The number of aliphatic hydroxyl groups excluding tert-OH is 1. The van der Waals surface area contributed by atoms with Crippen molar-refractivity contribution < 1.29 is 65.7 Å². The maximum atomic E-state index is 13.0. The average Bonchev–Trinajstić information content (AvgIpc) is 4.10. The number of ether oxygens (including phenoxy) is 3. The summed E-state index contributed by atoms with van der Waals surface area (Å²) in [6.45, 7) is -5.65. The van der Waals surface area contributed by atoms with Crippen LogP contribution in [0.25, 0.3) is 22.3 Å². The topological polar surface area (TPSA) is 415 Å². The summed E-state index contributed by atoms with van der Waals surface area (Å²) in [7, 11) is -4.74. The van der Waals surface area contributed by atoms with Crippen LogP contribution in [0.4, 0.5) is 11.9 Å². The molecule has 30 nitrogen and oxygen atoms in total. The van der Waals surface area contributed by atoms with Gasteiger partial charge in [-0.3, -0.25) is 52.1 Å². The number of anilines is 2. The third kappa shape index (κ3) is 11.7. The van der Waals surface area contributed by atoms with Crippen LogP contribution in [-0.4, -0.2) is 131 Å². The molecule has 3 aliphatic heterocycles. The molecule has 8 heterocycles. The molecule has 3 aliphatic rings. The molecule has 0 spiro atoms. The van der Waals surface area contributed by atoms with Gasteiger partial charge in [0.2, 0.25) is 11.9 Å². The van der Waals surface area contributed by atoms with E-state index in [2.05, 4.69) is 34.9 Å². The Morgan fingerprint density at radius 2 is 1.17 bits per heavy atom. The summed E-state index contributed by atoms with van der Waals surface area (Å²) in [4.78, 5) is 107. The zero-order valence-corrected chi connectivity index (χ0v) is 40.7. The Morgan fingerprint density at radius 1 is 0.725 bits per heavy atom. The van der Waals surface area contributed by atoms with Crippen LogP contribution in [0.2, 0.25) is 0 Å². The Balaban J connectivity index is 0.990. The summed E-state index contributed by atoms with van der Waals surface area (Å²) in [6.07, 6.45) is -6.95. The molecule has 5 aromatic rings. The van der Waals surface area contributed by atoms with Gasteiger partial charge in [0.1, 0.15) is 43.1 Å². The highest BCUT2D eigenvalue weighted by atomic mass is 32.5. The fourth-order valence-electron chi connectivity index (χ4n) is 7.70. The van der Waals surface area contributed by atoms with E-state index >= 15 is 0 Å². The zero-order chi connectivity index (χ0) is 49.7. The molecule has 35 heteroatoms. The Morgan fingerprint density at radius 3 is 1.65 bits per heavy atom. The van der Waals surface area contributed by atoms with E-state index in [0.29, 0.717) is 0 Å². The van der Waals surface area contributed by atoms with Gasteiger partial charge in [-0.25, -0.2) is 19.3 Å². The van der Waals surface area contributed by atoms with Crippen molar-refractivity contribution in [3.63, 3.8) is 0 Å². The highest BCUT2D eigenvalue weighted by Crippen LogP contribution is 2.53. The number of fused-ring (bicyclic) bond motifs is 2. The van der Waals surface area contributed by atoms with Crippen LogP contribution >= 0.6 is 21.3 Å². The number of imidazole rings is 2. The molecule has 11 N–H and O–H groups in total. The number of aliphatic hydroxyl groups is 1. The van der Waals surface area contributed by atoms with E-state index in [1.165, 1.54) is 34.9 Å². The first-order chi connectivity index (χ1) is 32.5. The number of hydrogen-bond acceptors (Lipinski definition) is 23. The van der Waals surface area contributed by atoms with E-state index in [0.717, 1.165) is 4.57 Å². The summed E-state index contributed by atoms with van der Waals surface area (Å²) in [5.74, 6) is -0.550. The first-order valence-corrected chi connectivity index (χ1v) is 27.5. The molecule has 3 saturated heterocycles. The standard InChI is InChI=1S/C34H47N12O18P3S2/c1-14(2)9-56-65(52,53)62-17-5-22(44-7-15(3)29(48)43-34(44)51)60-20(17)10-57-67(55,69)64-18-6-24(46-13-38-26-28(46)40-33(36)42-31(26)50)61-21(18)11-58-66(54,68)63-16-4-23(59-19(16)8-47)45-12-37-25-27(45)39-32(35)41-30(25)49/h7,12-14,16-24,47H,4-6,8-11H2,1-3H3,(H,52,53)(H,54,68)(H,55,69)(H,43,48,51)(H3,35,39,41,49)(H3,36,40,42,50)/t16-,17-,18-,19-,20-,21-,22-,23-,24-,66?,67?/m1/s1. The Bertz CT molecular complexity index is 3110. The predicted octanol–water partition coefficient (Wildman–Crippen LogP) is -0.474. The number of phosphoric acid groups is 1. The van der Waals surface area contributed by atoms with Crippen LogP contribution in [0.1, 0.15) is 57.4 Å². The van der Waals surface area contributed by atoms with Gasteiger partial charge >= 0.3 is 26.9 Å². The first-order valence-electron chi connectivity index (χ1n) is 20.8. The summed E-state index contributed by atoms with van der Waals surface area (Å²) in [5, 5.41) is 10.2. The second kappa shape index (κ2) is 20.2. The Labute approximate surface area is 397 Å². The average molecular weight is 1070 g/mol. The van der Waals surface area contributed by atoms with Crippen molar-refractivity contribution in [3.05, 3.63) is 66.0 Å². The number of nitrogen functional groups attached to an aromatic ring is 2. The van der Waals surface area contributed by atoms with Crippen LogP contribution in [0.15, 0.2) is 38.0 Å². The number of nitrogens with two attached hydrogens (primary N) is 2. The molecule has 0 amide bonds. The van der Waals surface area contributed by atoms with Crippen LogP contribution in [0.5, 0.6) is 0 Å². The van der Waals surface area contributed by atoms with Crippen LogP contribution in [0, 0.1) is 12.8 Å². The van der Waals surface area contributed by atoms with E-state index in [9.17, 15) is 43.5 Å². The number of aromatic amines is 3. The van der Waals surface area contributed by atoms with Crippen molar-refractivity contribution >= 4 is 79.1 Å². The number of aromatic nitrogens is 10. The largest absolute Gasteiger partial charge is 0.472 e. The van der Waals surface area contributed by atoms with Gasteiger partial charge in [0.05, 0.1) is 51.3 Å². The van der Waals surface area contributed by atoms with Crippen molar-refractivity contribution in [2.75, 3.05) is 37.9 Å². The molecule has 0 radical (unpaired) electrons. The fraction of sp³-hybridized carbons (Fsp3) is 0.588. The monoisotopic (exact) mass is 1070 g/mol. The Hall–Kier alpha value is -4.01. The van der Waals surface area contributed by atoms with Crippen LogP contribution in [0.3, 0.4) is 0 Å². The smallest absolute Gasteiger partial charge is 0.394 e. The molecular formula is C34H47N12O18P3S2. The van der Waals surface area contributed by atoms with Gasteiger partial charge in [0, 0.05) is 31.0 Å². The lowest BCUT2D eigenvalue weighted by Gasteiger charge is -2.27. The number of rotatable bonds is 19. The molecule has 0 aromatic carbocycles. The number of H-pyrrole nitrogens is 3. The molecule has 0 saturated carbocycles. The molecule has 8 rings (SSSR count). The summed E-state index contributed by atoms with van der Waals surface area (Å²) in [5.41, 5.74) is 9.01. The first kappa shape index (κ1) is 51.3. The highest BCUT2D eigenvalue weighted by Gasteiger charge is 2.46. The minimum absolute atomic E-state index is 0.0187. The van der Waals surface area contributed by atoms with Crippen LogP contribution in [-0.2, 0) is 69.5 Å². The molecular weight excluding hydrogens is 1020 g/mol. The van der Waals surface area contributed by atoms with E-state index in [1.807, 2.05) is 0 Å². The summed E-state index contributed by atoms with van der Waals surface area (Å²) < 4.78 is 69.0. The van der Waals surface area contributed by atoms with Crippen molar-refractivity contribution in [1.29, 1.82) is 0 Å². The minimum atomic E-state index is -4.74. The number of phosphoric ester groups is 1. The van der Waals surface area contributed by atoms with Gasteiger partial charge in [-0.2, -0.15) is 9.97 Å². The quantitative estimate of drug-likeness (QED) is 0.0472. The summed E-state index contributed by atoms with van der Waals surface area (Å²) >= 11 is 10.8. The lowest BCUT2D eigenvalue weighted by Crippen LogP contribution is -2.33. The van der Waals surface area contributed by atoms with Gasteiger partial charge in [-0.05, 0) is 36.5 Å². The van der Waals surface area contributed by atoms with Gasteiger partial charge < -0.3 is 63.6 Å². The van der Waals surface area contributed by atoms with E-state index < -0.39 is 119 Å². The maximum absolute atomic E-state index is 13.0. The predicted molar refractivity (Wildman–Crippen MR) is 244 cm³/mol. The normalized spacial score (nSPS) is 27.9. The van der Waals surface area contributed by atoms with E-state index in [1.54, 1.807) is 13.8 Å². The second-order valence-electron chi connectivity index (χ2n) is 16.4. The highest BCUT2D eigenvalue weighted by molar-refractivity contribution is 8.07. The lowest BCUT2D eigenvalue weighted by molar-refractivity contribution is -0.0544. The number of hydrogen-bond donors (Lipinski definition) is 9. The van der Waals surface area contributed by atoms with Gasteiger partial charge in [-0.1, -0.05) is 13.8 Å². The third-order valence-corrected chi connectivity index (χ3v) is 15.1. The Kier molecular flexibility index (Phi) is 15.1. The lowest BCUT2D eigenvalue weighted by atomic mass is 10.2. The summed E-state index contributed by atoms with van der Waals surface area (Å²) in [6, 6.07) is 0. The molecule has 69 heavy (non-hydrogen) atoms. The molecule has 3 fully saturated rings. The van der Waals surface area contributed by atoms with Crippen molar-refractivity contribution in [1.82, 2.24) is 48.6 Å².